The summed E-state index contributed by atoms with van der Waals surface area (Å²) in [6.45, 7) is 1.70. The van der Waals surface area contributed by atoms with Crippen LogP contribution in [0.1, 0.15) is 6.92 Å². The number of guanidine groups is 1. The molecule has 0 saturated carbocycles. The van der Waals surface area contributed by atoms with Crippen LogP contribution in [0.4, 0.5) is 17.6 Å². The van der Waals surface area contributed by atoms with Crippen molar-refractivity contribution >= 4 is 64.4 Å². The van der Waals surface area contributed by atoms with Crippen LogP contribution in [0.3, 0.4) is 0 Å². The number of halogens is 2. The van der Waals surface area contributed by atoms with Gasteiger partial charge in [0.2, 0.25) is 17.9 Å². The first-order chi connectivity index (χ1) is 12.7. The molecule has 0 radical (unpaired) electrons. The molecule has 1 aromatic carbocycles. The molecule has 1 N–H and O–H groups in total. The summed E-state index contributed by atoms with van der Waals surface area (Å²) >= 11 is 13.4. The first-order valence-corrected chi connectivity index (χ1v) is 9.87. The van der Waals surface area contributed by atoms with Gasteiger partial charge in [-0.15, -0.1) is 0 Å². The maximum absolute atomic E-state index is 12.8. The van der Waals surface area contributed by atoms with E-state index in [0.717, 1.165) is 0 Å². The Balaban J connectivity index is 2.05. The molecule has 2 aromatic rings. The molecule has 2 heterocycles. The largest absolute Gasteiger partial charge is 0.347 e. The third kappa shape index (κ3) is 3.54. The molecule has 0 aliphatic carbocycles. The summed E-state index contributed by atoms with van der Waals surface area (Å²) in [5.41, 5.74) is 0.459. The Labute approximate surface area is 171 Å². The van der Waals surface area contributed by atoms with Gasteiger partial charge in [0.25, 0.3) is 5.91 Å². The monoisotopic (exact) mass is 425 g/mol. The SMILES string of the molecule is CSc1nc(N(C)C)nc(N2C(=N)N(c3ccc(Cl)c(Cl)c3)C(=O)[C@H]2C)n1. The zero-order valence-electron chi connectivity index (χ0n) is 15.1. The molecule has 1 aromatic heterocycles. The Kier molecular flexibility index (Phi) is 5.45. The molecule has 1 saturated heterocycles. The van der Waals surface area contributed by atoms with Crippen molar-refractivity contribution in [1.82, 2.24) is 15.0 Å². The van der Waals surface area contributed by atoms with Gasteiger partial charge in [-0.3, -0.25) is 15.1 Å². The molecule has 11 heteroatoms. The average molecular weight is 426 g/mol. The topological polar surface area (TPSA) is 89.3 Å². The number of hydrogen-bond donors (Lipinski definition) is 1. The number of benzene rings is 1. The lowest BCUT2D eigenvalue weighted by Crippen LogP contribution is -2.36. The number of nitrogens with zero attached hydrogens (tertiary/aromatic N) is 6. The molecule has 1 aliphatic rings. The third-order valence-corrected chi connectivity index (χ3v) is 5.24. The van der Waals surface area contributed by atoms with E-state index in [9.17, 15) is 4.79 Å². The quantitative estimate of drug-likeness (QED) is 0.752. The number of anilines is 3. The number of aromatic nitrogens is 3. The molecular weight excluding hydrogens is 409 g/mol. The smallest absolute Gasteiger partial charge is 0.256 e. The van der Waals surface area contributed by atoms with E-state index in [1.165, 1.54) is 21.6 Å². The molecule has 1 aliphatic heterocycles. The van der Waals surface area contributed by atoms with Crippen LogP contribution in [-0.2, 0) is 4.79 Å². The minimum Gasteiger partial charge on any atom is -0.347 e. The zero-order valence-corrected chi connectivity index (χ0v) is 17.4. The number of hydrogen-bond acceptors (Lipinski definition) is 7. The van der Waals surface area contributed by atoms with Gasteiger partial charge >= 0.3 is 0 Å². The van der Waals surface area contributed by atoms with Crippen molar-refractivity contribution in [3.8, 4) is 0 Å². The molecular formula is C16H17Cl2N7OS. The van der Waals surface area contributed by atoms with Gasteiger partial charge in [-0.1, -0.05) is 35.0 Å². The van der Waals surface area contributed by atoms with Crippen LogP contribution in [0, 0.1) is 5.41 Å². The molecule has 1 amide bonds. The van der Waals surface area contributed by atoms with Crippen LogP contribution < -0.4 is 14.7 Å². The van der Waals surface area contributed by atoms with Crippen molar-refractivity contribution in [3.63, 3.8) is 0 Å². The Morgan fingerprint density at radius 2 is 1.89 bits per heavy atom. The lowest BCUT2D eigenvalue weighted by atomic mass is 10.2. The molecule has 8 nitrogen and oxygen atoms in total. The van der Waals surface area contributed by atoms with Gasteiger partial charge < -0.3 is 4.90 Å². The fourth-order valence-electron chi connectivity index (χ4n) is 2.57. The third-order valence-electron chi connectivity index (χ3n) is 3.96. The summed E-state index contributed by atoms with van der Waals surface area (Å²) in [7, 11) is 3.63. The predicted molar refractivity (Wildman–Crippen MR) is 110 cm³/mol. The van der Waals surface area contributed by atoms with Crippen molar-refractivity contribution in [2.45, 2.75) is 18.1 Å². The van der Waals surface area contributed by atoms with Gasteiger partial charge in [0, 0.05) is 14.1 Å². The van der Waals surface area contributed by atoms with E-state index in [-0.39, 0.29) is 17.8 Å². The molecule has 0 spiro atoms. The van der Waals surface area contributed by atoms with Gasteiger partial charge in [0.1, 0.15) is 6.04 Å². The maximum atomic E-state index is 12.8. The zero-order chi connectivity index (χ0) is 19.9. The molecule has 0 unspecified atom stereocenters. The summed E-state index contributed by atoms with van der Waals surface area (Å²) in [5, 5.41) is 9.75. The molecule has 1 atom stereocenters. The highest BCUT2D eigenvalue weighted by Crippen LogP contribution is 2.32. The van der Waals surface area contributed by atoms with E-state index in [2.05, 4.69) is 15.0 Å². The second-order valence-electron chi connectivity index (χ2n) is 5.96. The predicted octanol–water partition coefficient (Wildman–Crippen LogP) is 3.14. The van der Waals surface area contributed by atoms with Crippen LogP contribution in [0.5, 0.6) is 0 Å². The van der Waals surface area contributed by atoms with E-state index in [1.807, 2.05) is 20.4 Å². The lowest BCUT2D eigenvalue weighted by molar-refractivity contribution is -0.117. The first kappa shape index (κ1) is 19.7. The van der Waals surface area contributed by atoms with Gasteiger partial charge in [-0.2, -0.15) is 15.0 Å². The minimum absolute atomic E-state index is 0.0613. The second-order valence-corrected chi connectivity index (χ2v) is 7.55. The number of amides is 1. The van der Waals surface area contributed by atoms with Gasteiger partial charge in [-0.25, -0.2) is 4.90 Å². The first-order valence-electron chi connectivity index (χ1n) is 7.88. The highest BCUT2D eigenvalue weighted by molar-refractivity contribution is 7.98. The summed E-state index contributed by atoms with van der Waals surface area (Å²) in [6, 6.07) is 4.13. The van der Waals surface area contributed by atoms with Crippen LogP contribution >= 0.6 is 35.0 Å². The summed E-state index contributed by atoms with van der Waals surface area (Å²) < 4.78 is 0. The molecule has 3 rings (SSSR count). The van der Waals surface area contributed by atoms with Gasteiger partial charge in [0.15, 0.2) is 5.16 Å². The van der Waals surface area contributed by atoms with Crippen LogP contribution in [0.2, 0.25) is 10.0 Å². The van der Waals surface area contributed by atoms with Crippen molar-refractivity contribution in [2.75, 3.05) is 35.1 Å². The van der Waals surface area contributed by atoms with E-state index in [0.29, 0.717) is 26.8 Å². The standard InChI is InChI=1S/C16H17Cl2N7OS/c1-8-12(26)25(9-5-6-10(17)11(18)7-9)13(19)24(8)15-20-14(23(2)3)21-16(22-15)27-4/h5-8,19H,1-4H3/t8-/m1/s1. The number of carbonyl (C=O) groups is 1. The van der Waals surface area contributed by atoms with Crippen molar-refractivity contribution in [3.05, 3.63) is 28.2 Å². The van der Waals surface area contributed by atoms with Crippen LogP contribution in [0.25, 0.3) is 0 Å². The number of carbonyl (C=O) groups excluding carboxylic acids is 1. The summed E-state index contributed by atoms with van der Waals surface area (Å²) in [4.78, 5) is 30.5. The van der Waals surface area contributed by atoms with Gasteiger partial charge in [0.05, 0.1) is 15.7 Å². The highest BCUT2D eigenvalue weighted by Gasteiger charge is 2.43. The van der Waals surface area contributed by atoms with E-state index in [1.54, 1.807) is 30.0 Å². The fourth-order valence-corrected chi connectivity index (χ4v) is 3.21. The Bertz CT molecular complexity index is 924. The van der Waals surface area contributed by atoms with E-state index in [4.69, 9.17) is 28.6 Å². The Hall–Kier alpha value is -2.10. The Morgan fingerprint density at radius 1 is 1.19 bits per heavy atom. The number of thioether (sulfide) groups is 1. The van der Waals surface area contributed by atoms with Crippen LogP contribution in [0.15, 0.2) is 23.4 Å². The van der Waals surface area contributed by atoms with E-state index >= 15 is 0 Å². The second kappa shape index (κ2) is 7.49. The van der Waals surface area contributed by atoms with E-state index < -0.39 is 6.04 Å². The summed E-state index contributed by atoms with van der Waals surface area (Å²) in [5.74, 6) is 0.348. The lowest BCUT2D eigenvalue weighted by Gasteiger charge is -2.21. The van der Waals surface area contributed by atoms with Crippen molar-refractivity contribution in [1.29, 1.82) is 5.41 Å². The Morgan fingerprint density at radius 3 is 2.48 bits per heavy atom. The highest BCUT2D eigenvalue weighted by atomic mass is 35.5. The molecule has 1 fully saturated rings. The van der Waals surface area contributed by atoms with Crippen LogP contribution in [-0.4, -0.2) is 53.2 Å². The van der Waals surface area contributed by atoms with Crippen molar-refractivity contribution < 1.29 is 4.79 Å². The number of rotatable bonds is 4. The molecule has 27 heavy (non-hydrogen) atoms. The minimum atomic E-state index is -0.654. The summed E-state index contributed by atoms with van der Waals surface area (Å²) in [6.07, 6.45) is 1.85. The fraction of sp³-hybridized carbons (Fsp3) is 0.312. The molecule has 142 valence electrons. The van der Waals surface area contributed by atoms with Gasteiger partial charge in [-0.05, 0) is 31.4 Å². The average Bonchev–Trinajstić information content (AvgIpc) is 2.86. The molecule has 0 bridgehead atoms. The number of nitrogens with one attached hydrogen (secondary N) is 1. The normalized spacial score (nSPS) is 17.0. The maximum Gasteiger partial charge on any atom is 0.256 e. The van der Waals surface area contributed by atoms with Crippen molar-refractivity contribution in [2.24, 2.45) is 0 Å².